The molecule has 1 atom stereocenters. The van der Waals surface area contributed by atoms with E-state index in [1.807, 2.05) is 12.1 Å². The standard InChI is InChI=1S/C16H18FNO4S/c1-21-15-6-4-3-5-14(15)16(22-2)11-18-23(19,20)13-9-7-12(17)8-10-13/h3-10,16,18H,11H2,1-2H3. The summed E-state index contributed by atoms with van der Waals surface area (Å²) in [6.07, 6.45) is -0.513. The molecular weight excluding hydrogens is 321 g/mol. The lowest BCUT2D eigenvalue weighted by molar-refractivity contribution is 0.105. The molecule has 0 heterocycles. The molecule has 23 heavy (non-hydrogen) atoms. The van der Waals surface area contributed by atoms with Crippen LogP contribution < -0.4 is 9.46 Å². The highest BCUT2D eigenvalue weighted by Crippen LogP contribution is 2.26. The lowest BCUT2D eigenvalue weighted by atomic mass is 10.1. The van der Waals surface area contributed by atoms with E-state index in [9.17, 15) is 12.8 Å². The molecule has 0 aliphatic heterocycles. The fourth-order valence-electron chi connectivity index (χ4n) is 2.14. The average Bonchev–Trinajstić information content (AvgIpc) is 2.56. The first-order chi connectivity index (χ1) is 11.0. The zero-order valence-corrected chi connectivity index (χ0v) is 13.6. The monoisotopic (exact) mass is 339 g/mol. The Hall–Kier alpha value is -1.96. The van der Waals surface area contributed by atoms with E-state index in [0.717, 1.165) is 17.7 Å². The molecule has 124 valence electrons. The van der Waals surface area contributed by atoms with Crippen LogP contribution in [0.5, 0.6) is 5.75 Å². The summed E-state index contributed by atoms with van der Waals surface area (Å²) >= 11 is 0. The first kappa shape index (κ1) is 17.4. The van der Waals surface area contributed by atoms with Crippen molar-refractivity contribution in [3.8, 4) is 5.75 Å². The van der Waals surface area contributed by atoms with Crippen LogP contribution in [0.2, 0.25) is 0 Å². The Kier molecular flexibility index (Phi) is 5.70. The highest BCUT2D eigenvalue weighted by molar-refractivity contribution is 7.89. The zero-order chi connectivity index (χ0) is 16.9. The molecule has 0 spiro atoms. The van der Waals surface area contributed by atoms with Crippen molar-refractivity contribution in [3.05, 3.63) is 59.9 Å². The van der Waals surface area contributed by atoms with Crippen molar-refractivity contribution in [1.29, 1.82) is 0 Å². The van der Waals surface area contributed by atoms with E-state index in [4.69, 9.17) is 9.47 Å². The van der Waals surface area contributed by atoms with E-state index < -0.39 is 21.9 Å². The molecule has 0 fully saturated rings. The van der Waals surface area contributed by atoms with Crippen LogP contribution in [0.4, 0.5) is 4.39 Å². The molecule has 0 bridgehead atoms. The normalized spacial score (nSPS) is 12.8. The molecule has 2 aromatic rings. The Labute approximate surface area is 135 Å². The first-order valence-electron chi connectivity index (χ1n) is 6.89. The second-order valence-electron chi connectivity index (χ2n) is 4.77. The van der Waals surface area contributed by atoms with Crippen molar-refractivity contribution in [3.63, 3.8) is 0 Å². The maximum absolute atomic E-state index is 12.9. The van der Waals surface area contributed by atoms with Gasteiger partial charge in [0.15, 0.2) is 0 Å². The van der Waals surface area contributed by atoms with E-state index in [2.05, 4.69) is 4.72 Å². The summed E-state index contributed by atoms with van der Waals surface area (Å²) < 4.78 is 50.4. The topological polar surface area (TPSA) is 64.6 Å². The fraction of sp³-hybridized carbons (Fsp3) is 0.250. The number of rotatable bonds is 7. The second-order valence-corrected chi connectivity index (χ2v) is 6.54. The average molecular weight is 339 g/mol. The van der Waals surface area contributed by atoms with E-state index in [-0.39, 0.29) is 11.4 Å². The van der Waals surface area contributed by atoms with Crippen molar-refractivity contribution in [2.45, 2.75) is 11.0 Å². The number of sulfonamides is 1. The lowest BCUT2D eigenvalue weighted by Crippen LogP contribution is -2.29. The lowest BCUT2D eigenvalue weighted by Gasteiger charge is -2.19. The highest BCUT2D eigenvalue weighted by Gasteiger charge is 2.20. The smallest absolute Gasteiger partial charge is 0.240 e. The van der Waals surface area contributed by atoms with Gasteiger partial charge in [0.1, 0.15) is 11.6 Å². The minimum Gasteiger partial charge on any atom is -0.496 e. The summed E-state index contributed by atoms with van der Waals surface area (Å²) in [6.45, 7) is 0.0244. The van der Waals surface area contributed by atoms with Crippen molar-refractivity contribution >= 4 is 10.0 Å². The Bertz CT molecular complexity index is 747. The van der Waals surface area contributed by atoms with Gasteiger partial charge in [0.2, 0.25) is 10.0 Å². The van der Waals surface area contributed by atoms with Crippen LogP contribution in [0.15, 0.2) is 53.4 Å². The predicted molar refractivity (Wildman–Crippen MR) is 84.3 cm³/mol. The highest BCUT2D eigenvalue weighted by atomic mass is 32.2. The van der Waals surface area contributed by atoms with Gasteiger partial charge in [0.25, 0.3) is 0 Å². The van der Waals surface area contributed by atoms with Crippen LogP contribution in [0.3, 0.4) is 0 Å². The van der Waals surface area contributed by atoms with Crippen molar-refractivity contribution < 1.29 is 22.3 Å². The fourth-order valence-corrected chi connectivity index (χ4v) is 3.17. The summed E-state index contributed by atoms with van der Waals surface area (Å²) in [5.74, 6) is 0.119. The van der Waals surface area contributed by atoms with Crippen LogP contribution in [0.1, 0.15) is 11.7 Å². The van der Waals surface area contributed by atoms with Crippen molar-refractivity contribution in [2.75, 3.05) is 20.8 Å². The summed E-state index contributed by atoms with van der Waals surface area (Å²) in [5, 5.41) is 0. The number of hydrogen-bond acceptors (Lipinski definition) is 4. The van der Waals surface area contributed by atoms with Gasteiger partial charge in [-0.1, -0.05) is 18.2 Å². The number of hydrogen-bond donors (Lipinski definition) is 1. The molecule has 1 N–H and O–H groups in total. The third kappa shape index (κ3) is 4.28. The van der Waals surface area contributed by atoms with Gasteiger partial charge >= 0.3 is 0 Å². The van der Waals surface area contributed by atoms with E-state index in [1.54, 1.807) is 12.1 Å². The summed E-state index contributed by atoms with van der Waals surface area (Å²) in [7, 11) is -0.722. The molecule has 2 aromatic carbocycles. The molecule has 7 heteroatoms. The molecule has 0 aliphatic rings. The van der Waals surface area contributed by atoms with Gasteiger partial charge in [-0.05, 0) is 30.3 Å². The van der Waals surface area contributed by atoms with Gasteiger partial charge < -0.3 is 9.47 Å². The molecule has 0 radical (unpaired) electrons. The van der Waals surface area contributed by atoms with Gasteiger partial charge in [0, 0.05) is 19.2 Å². The van der Waals surface area contributed by atoms with Crippen molar-refractivity contribution in [2.24, 2.45) is 0 Å². The number of para-hydroxylation sites is 1. The van der Waals surface area contributed by atoms with E-state index in [1.165, 1.54) is 26.4 Å². The number of ether oxygens (including phenoxy) is 2. The number of halogens is 1. The first-order valence-corrected chi connectivity index (χ1v) is 8.37. The summed E-state index contributed by atoms with van der Waals surface area (Å²) in [6, 6.07) is 11.8. The molecule has 0 saturated heterocycles. The Morgan fingerprint density at radius 2 is 1.74 bits per heavy atom. The molecule has 0 amide bonds. The number of methoxy groups -OCH3 is 2. The largest absolute Gasteiger partial charge is 0.496 e. The predicted octanol–water partition coefficient (Wildman–Crippen LogP) is 2.50. The zero-order valence-electron chi connectivity index (χ0n) is 12.8. The Morgan fingerprint density at radius 1 is 1.09 bits per heavy atom. The van der Waals surface area contributed by atoms with Crippen LogP contribution in [-0.2, 0) is 14.8 Å². The summed E-state index contributed by atoms with van der Waals surface area (Å²) in [4.78, 5) is -0.00576. The minimum absolute atomic E-state index is 0.00576. The van der Waals surface area contributed by atoms with Crippen LogP contribution in [0, 0.1) is 5.82 Å². The van der Waals surface area contributed by atoms with Gasteiger partial charge in [0.05, 0.1) is 18.1 Å². The quantitative estimate of drug-likeness (QED) is 0.842. The second kappa shape index (κ2) is 7.54. The van der Waals surface area contributed by atoms with Gasteiger partial charge in [-0.15, -0.1) is 0 Å². The third-order valence-electron chi connectivity index (χ3n) is 3.35. The number of benzene rings is 2. The SMILES string of the molecule is COc1ccccc1C(CNS(=O)(=O)c1ccc(F)cc1)OC. The Balaban J connectivity index is 2.15. The molecule has 0 saturated carbocycles. The minimum atomic E-state index is -3.75. The van der Waals surface area contributed by atoms with Gasteiger partial charge in [-0.2, -0.15) is 0 Å². The van der Waals surface area contributed by atoms with Gasteiger partial charge in [-0.3, -0.25) is 0 Å². The van der Waals surface area contributed by atoms with Crippen molar-refractivity contribution in [1.82, 2.24) is 4.72 Å². The maximum atomic E-state index is 12.9. The van der Waals surface area contributed by atoms with Crippen LogP contribution >= 0.6 is 0 Å². The number of nitrogens with one attached hydrogen (secondary N) is 1. The van der Waals surface area contributed by atoms with E-state index >= 15 is 0 Å². The molecule has 5 nitrogen and oxygen atoms in total. The molecule has 2 rings (SSSR count). The van der Waals surface area contributed by atoms with Gasteiger partial charge in [-0.25, -0.2) is 17.5 Å². The van der Waals surface area contributed by atoms with E-state index in [0.29, 0.717) is 5.75 Å². The summed E-state index contributed by atoms with van der Waals surface area (Å²) in [5.41, 5.74) is 0.735. The van der Waals surface area contributed by atoms with Crippen LogP contribution in [0.25, 0.3) is 0 Å². The maximum Gasteiger partial charge on any atom is 0.240 e. The molecule has 1 unspecified atom stereocenters. The Morgan fingerprint density at radius 3 is 2.35 bits per heavy atom. The molecule has 0 aromatic heterocycles. The van der Waals surface area contributed by atoms with Crippen LogP contribution in [-0.4, -0.2) is 29.2 Å². The molecular formula is C16H18FNO4S. The third-order valence-corrected chi connectivity index (χ3v) is 4.79. The molecule has 0 aliphatic carbocycles.